The molecule has 110 valence electrons. The van der Waals surface area contributed by atoms with Gasteiger partial charge in [-0.15, -0.1) is 0 Å². The number of aryl methyl sites for hydroxylation is 1. The minimum Gasteiger partial charge on any atom is -0.495 e. The predicted molar refractivity (Wildman–Crippen MR) is 81.2 cm³/mol. The van der Waals surface area contributed by atoms with E-state index in [1.807, 2.05) is 32.2 Å². The molecule has 0 unspecified atom stereocenters. The number of carbonyl (C=O) groups excluding carboxylic acids is 1. The summed E-state index contributed by atoms with van der Waals surface area (Å²) < 4.78 is 5.28. The molecule has 1 aromatic carbocycles. The first-order valence-electron chi connectivity index (χ1n) is 7.25. The Labute approximate surface area is 121 Å². The molecule has 1 aromatic rings. The lowest BCUT2D eigenvalue weighted by Gasteiger charge is -2.23. The topological polar surface area (TPSA) is 41.6 Å². The predicted octanol–water partition coefficient (Wildman–Crippen LogP) is 2.82. The van der Waals surface area contributed by atoms with Crippen molar-refractivity contribution in [2.45, 2.75) is 38.6 Å². The van der Waals surface area contributed by atoms with Gasteiger partial charge < -0.3 is 10.1 Å². The molecule has 4 nitrogen and oxygen atoms in total. The van der Waals surface area contributed by atoms with Gasteiger partial charge in [-0.2, -0.15) is 0 Å². The molecule has 1 fully saturated rings. The van der Waals surface area contributed by atoms with Crippen LogP contribution in [0.2, 0.25) is 0 Å². The number of rotatable bonds is 5. The monoisotopic (exact) mass is 276 g/mol. The van der Waals surface area contributed by atoms with Crippen molar-refractivity contribution in [2.75, 3.05) is 26.0 Å². The van der Waals surface area contributed by atoms with E-state index >= 15 is 0 Å². The molecule has 0 aliphatic heterocycles. The summed E-state index contributed by atoms with van der Waals surface area (Å²) in [5, 5.41) is 2.95. The first-order chi connectivity index (χ1) is 9.60. The smallest absolute Gasteiger partial charge is 0.238 e. The van der Waals surface area contributed by atoms with Crippen LogP contribution in [0.15, 0.2) is 18.2 Å². The van der Waals surface area contributed by atoms with Crippen LogP contribution < -0.4 is 10.1 Å². The lowest BCUT2D eigenvalue weighted by Crippen LogP contribution is -2.36. The van der Waals surface area contributed by atoms with E-state index in [4.69, 9.17) is 4.74 Å². The number of hydrogen-bond acceptors (Lipinski definition) is 3. The van der Waals surface area contributed by atoms with Gasteiger partial charge in [0.15, 0.2) is 0 Å². The zero-order valence-electron chi connectivity index (χ0n) is 12.6. The van der Waals surface area contributed by atoms with Crippen LogP contribution in [-0.2, 0) is 4.79 Å². The lowest BCUT2D eigenvalue weighted by molar-refractivity contribution is -0.117. The second-order valence-corrected chi connectivity index (χ2v) is 5.61. The highest BCUT2D eigenvalue weighted by molar-refractivity contribution is 5.93. The second-order valence-electron chi connectivity index (χ2n) is 5.61. The Hall–Kier alpha value is -1.55. The van der Waals surface area contributed by atoms with Crippen LogP contribution in [-0.4, -0.2) is 37.6 Å². The molecule has 1 N–H and O–H groups in total. The summed E-state index contributed by atoms with van der Waals surface area (Å²) in [5.41, 5.74) is 1.85. The van der Waals surface area contributed by atoms with Crippen LogP contribution in [0.25, 0.3) is 0 Å². The molecular formula is C16H24N2O2. The summed E-state index contributed by atoms with van der Waals surface area (Å²) >= 11 is 0. The average Bonchev–Trinajstić information content (AvgIpc) is 2.92. The highest BCUT2D eigenvalue weighted by atomic mass is 16.5. The zero-order chi connectivity index (χ0) is 14.5. The van der Waals surface area contributed by atoms with Gasteiger partial charge in [0, 0.05) is 6.04 Å². The van der Waals surface area contributed by atoms with Gasteiger partial charge in [-0.25, -0.2) is 0 Å². The third-order valence-corrected chi connectivity index (χ3v) is 3.97. The minimum atomic E-state index is 0.0169. The first kappa shape index (κ1) is 14.9. The standard InChI is InChI=1S/C16H24N2O2/c1-12-8-9-15(20-3)14(10-12)17-16(19)11-18(2)13-6-4-5-7-13/h8-10,13H,4-7,11H2,1-3H3,(H,17,19). The fourth-order valence-corrected chi connectivity index (χ4v) is 2.81. The van der Waals surface area contributed by atoms with Crippen LogP contribution in [0.3, 0.4) is 0 Å². The lowest BCUT2D eigenvalue weighted by atomic mass is 10.2. The van der Waals surface area contributed by atoms with Gasteiger partial charge in [0.25, 0.3) is 0 Å². The molecule has 0 spiro atoms. The van der Waals surface area contributed by atoms with Gasteiger partial charge >= 0.3 is 0 Å². The molecule has 0 bridgehead atoms. The average molecular weight is 276 g/mol. The van der Waals surface area contributed by atoms with Crippen molar-refractivity contribution >= 4 is 11.6 Å². The van der Waals surface area contributed by atoms with E-state index in [9.17, 15) is 4.79 Å². The normalized spacial score (nSPS) is 15.6. The number of nitrogens with one attached hydrogen (secondary N) is 1. The summed E-state index contributed by atoms with van der Waals surface area (Å²) in [6, 6.07) is 6.34. The maximum Gasteiger partial charge on any atom is 0.238 e. The quantitative estimate of drug-likeness (QED) is 0.899. The summed E-state index contributed by atoms with van der Waals surface area (Å²) in [6.07, 6.45) is 4.97. The molecule has 1 amide bonds. The number of methoxy groups -OCH3 is 1. The highest BCUT2D eigenvalue weighted by Crippen LogP contribution is 2.26. The van der Waals surface area contributed by atoms with E-state index in [-0.39, 0.29) is 5.91 Å². The molecule has 0 atom stereocenters. The van der Waals surface area contributed by atoms with Gasteiger partial charge in [0.1, 0.15) is 5.75 Å². The first-order valence-corrected chi connectivity index (χ1v) is 7.25. The molecule has 1 saturated carbocycles. The van der Waals surface area contributed by atoms with Crippen molar-refractivity contribution < 1.29 is 9.53 Å². The summed E-state index contributed by atoms with van der Waals surface area (Å²) in [6.45, 7) is 2.43. The van der Waals surface area contributed by atoms with E-state index in [0.29, 0.717) is 18.3 Å². The molecule has 20 heavy (non-hydrogen) atoms. The van der Waals surface area contributed by atoms with Crippen molar-refractivity contribution in [1.82, 2.24) is 4.90 Å². The number of amides is 1. The molecule has 1 aliphatic rings. The Morgan fingerprint density at radius 3 is 2.75 bits per heavy atom. The van der Waals surface area contributed by atoms with Crippen molar-refractivity contribution in [3.05, 3.63) is 23.8 Å². The summed E-state index contributed by atoms with van der Waals surface area (Å²) in [4.78, 5) is 14.3. The molecule has 4 heteroatoms. The molecule has 0 aromatic heterocycles. The Bertz CT molecular complexity index is 468. The maximum atomic E-state index is 12.2. The van der Waals surface area contributed by atoms with Crippen molar-refractivity contribution in [3.63, 3.8) is 0 Å². The van der Waals surface area contributed by atoms with E-state index in [1.54, 1.807) is 7.11 Å². The SMILES string of the molecule is COc1ccc(C)cc1NC(=O)CN(C)C1CCCC1. The molecular weight excluding hydrogens is 252 g/mol. The van der Waals surface area contributed by atoms with Crippen molar-refractivity contribution in [3.8, 4) is 5.75 Å². The maximum absolute atomic E-state index is 12.2. The minimum absolute atomic E-state index is 0.0169. The number of hydrogen-bond donors (Lipinski definition) is 1. The number of benzene rings is 1. The highest BCUT2D eigenvalue weighted by Gasteiger charge is 2.21. The van der Waals surface area contributed by atoms with E-state index in [1.165, 1.54) is 25.7 Å². The summed E-state index contributed by atoms with van der Waals surface area (Å²) in [7, 11) is 3.65. The van der Waals surface area contributed by atoms with E-state index in [2.05, 4.69) is 10.2 Å². The fraction of sp³-hybridized carbons (Fsp3) is 0.562. The van der Waals surface area contributed by atoms with Crippen LogP contribution in [0.1, 0.15) is 31.2 Å². The third-order valence-electron chi connectivity index (χ3n) is 3.97. The summed E-state index contributed by atoms with van der Waals surface area (Å²) in [5.74, 6) is 0.718. The number of likely N-dealkylation sites (N-methyl/N-ethyl adjacent to an activating group) is 1. The number of nitrogens with zero attached hydrogens (tertiary/aromatic N) is 1. The Morgan fingerprint density at radius 2 is 2.10 bits per heavy atom. The Kier molecular flexibility index (Phi) is 5.01. The second kappa shape index (κ2) is 6.75. The van der Waals surface area contributed by atoms with Gasteiger partial charge in [0.2, 0.25) is 5.91 Å². The van der Waals surface area contributed by atoms with Crippen LogP contribution >= 0.6 is 0 Å². The fourth-order valence-electron chi connectivity index (χ4n) is 2.81. The van der Waals surface area contributed by atoms with Crippen LogP contribution in [0.4, 0.5) is 5.69 Å². The van der Waals surface area contributed by atoms with E-state index < -0.39 is 0 Å². The number of anilines is 1. The van der Waals surface area contributed by atoms with Gasteiger partial charge in [-0.1, -0.05) is 18.9 Å². The largest absolute Gasteiger partial charge is 0.495 e. The number of carbonyl (C=O) groups is 1. The van der Waals surface area contributed by atoms with Gasteiger partial charge in [-0.05, 0) is 44.5 Å². The Morgan fingerprint density at radius 1 is 1.40 bits per heavy atom. The van der Waals surface area contributed by atoms with Crippen LogP contribution in [0.5, 0.6) is 5.75 Å². The number of ether oxygens (including phenoxy) is 1. The third kappa shape index (κ3) is 3.73. The van der Waals surface area contributed by atoms with Crippen LogP contribution in [0, 0.1) is 6.92 Å². The molecule has 0 radical (unpaired) electrons. The van der Waals surface area contributed by atoms with E-state index in [0.717, 1.165) is 11.3 Å². The van der Waals surface area contributed by atoms with Crippen molar-refractivity contribution in [2.24, 2.45) is 0 Å². The molecule has 0 heterocycles. The van der Waals surface area contributed by atoms with Crippen molar-refractivity contribution in [1.29, 1.82) is 0 Å². The zero-order valence-corrected chi connectivity index (χ0v) is 12.6. The van der Waals surface area contributed by atoms with Gasteiger partial charge in [0.05, 0.1) is 19.3 Å². The Balaban J connectivity index is 1.95. The molecule has 0 saturated heterocycles. The molecule has 1 aliphatic carbocycles. The van der Waals surface area contributed by atoms with Gasteiger partial charge in [-0.3, -0.25) is 9.69 Å². The molecule has 2 rings (SSSR count).